The van der Waals surface area contributed by atoms with Crippen LogP contribution in [0.25, 0.3) is 28.2 Å². The summed E-state index contributed by atoms with van der Waals surface area (Å²) in [4.78, 5) is 11.4. The Morgan fingerprint density at radius 3 is 2.82 bits per heavy atom. The number of fused-ring (bicyclic) bond motifs is 1. The van der Waals surface area contributed by atoms with Crippen molar-refractivity contribution in [3.63, 3.8) is 0 Å². The van der Waals surface area contributed by atoms with Crippen LogP contribution in [-0.2, 0) is 6.54 Å². The molecule has 1 aliphatic heterocycles. The maximum atomic E-state index is 9.48. The van der Waals surface area contributed by atoms with E-state index in [0.717, 1.165) is 47.4 Å². The predicted octanol–water partition coefficient (Wildman–Crippen LogP) is 3.64. The molecule has 0 saturated carbocycles. The first-order chi connectivity index (χ1) is 13.8. The largest absolute Gasteiger partial charge is 0.444 e. The summed E-state index contributed by atoms with van der Waals surface area (Å²) < 4.78 is 7.78. The Morgan fingerprint density at radius 1 is 1.11 bits per heavy atom. The van der Waals surface area contributed by atoms with E-state index in [0.29, 0.717) is 12.4 Å². The summed E-state index contributed by atoms with van der Waals surface area (Å²) >= 11 is 0. The maximum Gasteiger partial charge on any atom is 0.226 e. The van der Waals surface area contributed by atoms with Gasteiger partial charge in [-0.15, -0.1) is 0 Å². The van der Waals surface area contributed by atoms with Crippen molar-refractivity contribution < 1.29 is 9.52 Å². The minimum absolute atomic E-state index is 0.203. The molecule has 2 aromatic heterocycles. The predicted molar refractivity (Wildman–Crippen MR) is 107 cm³/mol. The van der Waals surface area contributed by atoms with E-state index in [1.807, 2.05) is 36.7 Å². The molecular weight excluding hydrogens is 352 g/mol. The molecule has 0 radical (unpaired) electrons. The molecule has 1 atom stereocenters. The number of likely N-dealkylation sites (tertiary alicyclic amines) is 1. The van der Waals surface area contributed by atoms with Gasteiger partial charge < -0.3 is 9.52 Å². The van der Waals surface area contributed by atoms with Crippen molar-refractivity contribution in [1.82, 2.24) is 19.4 Å². The number of imidazole rings is 1. The van der Waals surface area contributed by atoms with E-state index in [-0.39, 0.29) is 12.6 Å². The van der Waals surface area contributed by atoms with Gasteiger partial charge in [0.1, 0.15) is 12.6 Å². The summed E-state index contributed by atoms with van der Waals surface area (Å²) in [5, 5.41) is 9.48. The van der Waals surface area contributed by atoms with Crippen LogP contribution < -0.4 is 0 Å². The number of para-hydroxylation sites is 2. The first-order valence-corrected chi connectivity index (χ1v) is 9.64. The molecule has 5 rings (SSSR count). The summed E-state index contributed by atoms with van der Waals surface area (Å²) in [5.41, 5.74) is 4.95. The van der Waals surface area contributed by atoms with Gasteiger partial charge in [0.05, 0.1) is 23.3 Å². The van der Waals surface area contributed by atoms with Gasteiger partial charge in [0.2, 0.25) is 5.89 Å². The van der Waals surface area contributed by atoms with Crippen LogP contribution in [0.3, 0.4) is 0 Å². The number of oxazole rings is 1. The lowest BCUT2D eigenvalue weighted by Gasteiger charge is -2.20. The molecule has 0 amide bonds. The third-order valence-corrected chi connectivity index (χ3v) is 5.47. The third kappa shape index (κ3) is 3.10. The van der Waals surface area contributed by atoms with Gasteiger partial charge in [0, 0.05) is 23.8 Å². The Bertz CT molecular complexity index is 1080. The molecule has 1 fully saturated rings. The van der Waals surface area contributed by atoms with Crippen molar-refractivity contribution in [3.05, 3.63) is 66.8 Å². The van der Waals surface area contributed by atoms with E-state index in [1.54, 1.807) is 6.26 Å². The quantitative estimate of drug-likeness (QED) is 0.578. The molecule has 3 heterocycles. The Morgan fingerprint density at radius 2 is 1.96 bits per heavy atom. The molecular formula is C22H22N4O2. The van der Waals surface area contributed by atoms with Crippen molar-refractivity contribution in [1.29, 1.82) is 0 Å². The van der Waals surface area contributed by atoms with Crippen LogP contribution in [0, 0.1) is 0 Å². The zero-order chi connectivity index (χ0) is 18.9. The molecule has 6 nitrogen and oxygen atoms in total. The fourth-order valence-electron chi connectivity index (χ4n) is 3.96. The molecule has 2 aromatic carbocycles. The standard InChI is InChI=1S/C22H22N4O2/c27-13-19-4-3-11-25(19)12-17-14-28-22(24-17)16-7-9-18(10-8-16)26-15-23-20-5-1-2-6-21(20)26/h1-2,5-10,14-15,19,27H,3-4,11-13H2/t19-/m0/s1. The van der Waals surface area contributed by atoms with Gasteiger partial charge in [0.15, 0.2) is 0 Å². The molecule has 1 aliphatic rings. The van der Waals surface area contributed by atoms with Gasteiger partial charge in [-0.05, 0) is 55.8 Å². The Kier molecular flexibility index (Phi) is 4.43. The van der Waals surface area contributed by atoms with Crippen LogP contribution in [0.1, 0.15) is 18.5 Å². The van der Waals surface area contributed by atoms with Crippen LogP contribution in [0.15, 0.2) is 65.5 Å². The van der Waals surface area contributed by atoms with Gasteiger partial charge >= 0.3 is 0 Å². The highest BCUT2D eigenvalue weighted by atomic mass is 16.3. The second-order valence-electron chi connectivity index (χ2n) is 7.24. The van der Waals surface area contributed by atoms with E-state index in [4.69, 9.17) is 4.42 Å². The molecule has 6 heteroatoms. The van der Waals surface area contributed by atoms with Gasteiger partial charge in [-0.1, -0.05) is 12.1 Å². The summed E-state index contributed by atoms with van der Waals surface area (Å²) in [6.07, 6.45) is 5.74. The van der Waals surface area contributed by atoms with Crippen molar-refractivity contribution in [2.45, 2.75) is 25.4 Å². The lowest BCUT2D eigenvalue weighted by molar-refractivity contribution is 0.152. The Labute approximate surface area is 163 Å². The third-order valence-electron chi connectivity index (χ3n) is 5.47. The summed E-state index contributed by atoms with van der Waals surface area (Å²) in [6, 6.07) is 16.5. The van der Waals surface area contributed by atoms with Crippen LogP contribution in [0.4, 0.5) is 0 Å². The average molecular weight is 374 g/mol. The number of nitrogens with zero attached hydrogens (tertiary/aromatic N) is 4. The number of aliphatic hydroxyl groups is 1. The lowest BCUT2D eigenvalue weighted by Crippen LogP contribution is -2.31. The fraction of sp³-hybridized carbons (Fsp3) is 0.273. The van der Waals surface area contributed by atoms with Crippen LogP contribution in [0.5, 0.6) is 0 Å². The highest BCUT2D eigenvalue weighted by Gasteiger charge is 2.24. The normalized spacial score (nSPS) is 17.5. The molecule has 4 aromatic rings. The molecule has 0 aliphatic carbocycles. The molecule has 1 saturated heterocycles. The highest BCUT2D eigenvalue weighted by molar-refractivity contribution is 5.77. The average Bonchev–Trinajstić information content (AvgIpc) is 3.48. The fourth-order valence-corrected chi connectivity index (χ4v) is 3.96. The smallest absolute Gasteiger partial charge is 0.226 e. The maximum absolute atomic E-state index is 9.48. The van der Waals surface area contributed by atoms with Crippen LogP contribution >= 0.6 is 0 Å². The van der Waals surface area contributed by atoms with Crippen LogP contribution in [-0.4, -0.2) is 43.7 Å². The molecule has 142 valence electrons. The number of rotatable bonds is 5. The van der Waals surface area contributed by atoms with Gasteiger partial charge in [0.25, 0.3) is 0 Å². The van der Waals surface area contributed by atoms with Crippen molar-refractivity contribution >= 4 is 11.0 Å². The Hall–Kier alpha value is -2.96. The summed E-state index contributed by atoms with van der Waals surface area (Å²) in [7, 11) is 0. The molecule has 28 heavy (non-hydrogen) atoms. The van der Waals surface area contributed by atoms with E-state index in [1.165, 1.54) is 0 Å². The summed E-state index contributed by atoms with van der Waals surface area (Å²) in [5.74, 6) is 0.622. The highest BCUT2D eigenvalue weighted by Crippen LogP contribution is 2.25. The number of hydrogen-bond acceptors (Lipinski definition) is 5. The molecule has 0 unspecified atom stereocenters. The molecule has 0 bridgehead atoms. The monoisotopic (exact) mass is 374 g/mol. The van der Waals surface area contributed by atoms with E-state index in [9.17, 15) is 5.11 Å². The van der Waals surface area contributed by atoms with Crippen molar-refractivity contribution in [2.75, 3.05) is 13.2 Å². The van der Waals surface area contributed by atoms with Crippen molar-refractivity contribution in [2.24, 2.45) is 0 Å². The zero-order valence-corrected chi connectivity index (χ0v) is 15.5. The van der Waals surface area contributed by atoms with Gasteiger partial charge in [-0.3, -0.25) is 9.47 Å². The zero-order valence-electron chi connectivity index (χ0n) is 15.5. The first kappa shape index (κ1) is 17.2. The minimum Gasteiger partial charge on any atom is -0.444 e. The number of aromatic nitrogens is 3. The first-order valence-electron chi connectivity index (χ1n) is 9.64. The molecule has 0 spiro atoms. The van der Waals surface area contributed by atoms with Gasteiger partial charge in [-0.25, -0.2) is 9.97 Å². The second-order valence-corrected chi connectivity index (χ2v) is 7.24. The number of benzene rings is 2. The van der Waals surface area contributed by atoms with E-state index >= 15 is 0 Å². The number of hydrogen-bond donors (Lipinski definition) is 1. The number of aliphatic hydroxyl groups excluding tert-OH is 1. The SMILES string of the molecule is OC[C@@H]1CCCN1Cc1coc(-c2ccc(-n3cnc4ccccc43)cc2)n1. The minimum atomic E-state index is 0.203. The van der Waals surface area contributed by atoms with Gasteiger partial charge in [-0.2, -0.15) is 0 Å². The lowest BCUT2D eigenvalue weighted by atomic mass is 10.2. The Balaban J connectivity index is 1.36. The second kappa shape index (κ2) is 7.22. The van der Waals surface area contributed by atoms with E-state index in [2.05, 4.69) is 37.6 Å². The topological polar surface area (TPSA) is 67.3 Å². The van der Waals surface area contributed by atoms with Crippen molar-refractivity contribution in [3.8, 4) is 17.1 Å². The summed E-state index contributed by atoms with van der Waals surface area (Å²) in [6.45, 7) is 1.92. The molecule has 1 N–H and O–H groups in total. The van der Waals surface area contributed by atoms with E-state index < -0.39 is 0 Å². The van der Waals surface area contributed by atoms with Crippen LogP contribution in [0.2, 0.25) is 0 Å².